The summed E-state index contributed by atoms with van der Waals surface area (Å²) in [4.78, 5) is 32.0. The number of hydrogen-bond acceptors (Lipinski definition) is 7. The molecule has 0 spiro atoms. The van der Waals surface area contributed by atoms with Crippen molar-refractivity contribution in [3.8, 4) is 5.88 Å². The van der Waals surface area contributed by atoms with Gasteiger partial charge in [-0.1, -0.05) is 6.92 Å². The van der Waals surface area contributed by atoms with Crippen LogP contribution < -0.4 is 10.3 Å². The lowest BCUT2D eigenvalue weighted by Gasteiger charge is -2.17. The minimum Gasteiger partial charge on any atom is -0.481 e. The lowest BCUT2D eigenvalue weighted by molar-refractivity contribution is 0.319. The van der Waals surface area contributed by atoms with Crippen molar-refractivity contribution in [3.63, 3.8) is 0 Å². The normalized spacial score (nSPS) is 19.4. The molecule has 0 amide bonds. The van der Waals surface area contributed by atoms with E-state index in [4.69, 9.17) is 9.72 Å². The molecule has 1 aliphatic rings. The van der Waals surface area contributed by atoms with E-state index in [0.717, 1.165) is 42.1 Å². The Morgan fingerprint density at radius 3 is 2.84 bits per heavy atom. The first-order valence-corrected chi connectivity index (χ1v) is 10.9. The topological polar surface area (TPSA) is 102 Å². The molecular formula is C23H27N7O2. The van der Waals surface area contributed by atoms with Gasteiger partial charge >= 0.3 is 0 Å². The van der Waals surface area contributed by atoms with Crippen molar-refractivity contribution >= 4 is 22.1 Å². The number of nitrogens with one attached hydrogen (secondary N) is 1. The number of aromatic nitrogens is 6. The summed E-state index contributed by atoms with van der Waals surface area (Å²) in [7, 11) is 1.62. The predicted octanol–water partition coefficient (Wildman–Crippen LogP) is 2.89. The Hall–Kier alpha value is -3.33. The van der Waals surface area contributed by atoms with Crippen LogP contribution in [0.15, 0.2) is 35.4 Å². The summed E-state index contributed by atoms with van der Waals surface area (Å²) in [5.41, 5.74) is 3.35. The number of pyridine rings is 2. The summed E-state index contributed by atoms with van der Waals surface area (Å²) in [6.45, 7) is 8.74. The highest BCUT2D eigenvalue weighted by Crippen LogP contribution is 2.32. The number of rotatable bonds is 5. The smallest absolute Gasteiger partial charge is 0.262 e. The second-order valence-electron chi connectivity index (χ2n) is 8.84. The van der Waals surface area contributed by atoms with Crippen LogP contribution in [0, 0.1) is 5.92 Å². The molecule has 5 rings (SSSR count). The van der Waals surface area contributed by atoms with Crippen molar-refractivity contribution in [1.82, 2.24) is 34.6 Å². The average molecular weight is 434 g/mol. The van der Waals surface area contributed by atoms with E-state index < -0.39 is 0 Å². The molecule has 1 aliphatic heterocycles. The summed E-state index contributed by atoms with van der Waals surface area (Å²) in [5.74, 6) is 1.80. The third-order valence-electron chi connectivity index (χ3n) is 6.26. The maximum Gasteiger partial charge on any atom is 0.262 e. The van der Waals surface area contributed by atoms with Gasteiger partial charge in [-0.3, -0.25) is 14.7 Å². The number of methoxy groups -OCH3 is 1. The molecule has 5 heterocycles. The van der Waals surface area contributed by atoms with E-state index in [2.05, 4.69) is 31.9 Å². The molecule has 9 nitrogen and oxygen atoms in total. The van der Waals surface area contributed by atoms with E-state index in [-0.39, 0.29) is 17.5 Å². The van der Waals surface area contributed by atoms with Crippen molar-refractivity contribution < 1.29 is 4.74 Å². The fraction of sp³-hybridized carbons (Fsp3) is 0.435. The number of likely N-dealkylation sites (tertiary alicyclic amines) is 1. The van der Waals surface area contributed by atoms with Crippen molar-refractivity contribution in [2.45, 2.75) is 39.3 Å². The van der Waals surface area contributed by atoms with Gasteiger partial charge in [-0.2, -0.15) is 5.10 Å². The van der Waals surface area contributed by atoms with Crippen LogP contribution in [0.3, 0.4) is 0 Å². The molecule has 2 unspecified atom stereocenters. The van der Waals surface area contributed by atoms with Crippen LogP contribution in [0.4, 0.5) is 0 Å². The van der Waals surface area contributed by atoms with Crippen LogP contribution in [0.25, 0.3) is 22.1 Å². The number of aromatic amines is 1. The number of ether oxygens (including phenoxy) is 1. The Morgan fingerprint density at radius 1 is 1.22 bits per heavy atom. The maximum atomic E-state index is 12.7. The van der Waals surface area contributed by atoms with Crippen LogP contribution >= 0.6 is 0 Å². The number of nitrogens with zero attached hydrogens (tertiary/aromatic N) is 6. The standard InChI is InChI=1S/C23H27N7O2/c1-13(2)30-22-16(9-25-30)23(31)28-21(27-22)17-12-29(10-14(17)3)11-15-7-8-24-18-5-6-19(32-4)26-20(15)18/h5-9,13-14,17H,10-12H2,1-4H3,(H,27,28,31). The predicted molar refractivity (Wildman–Crippen MR) is 122 cm³/mol. The molecule has 0 aromatic carbocycles. The van der Waals surface area contributed by atoms with Crippen LogP contribution in [-0.2, 0) is 6.54 Å². The van der Waals surface area contributed by atoms with Gasteiger partial charge in [0.1, 0.15) is 11.2 Å². The number of H-pyrrole nitrogens is 1. The average Bonchev–Trinajstić information content (AvgIpc) is 3.37. The van der Waals surface area contributed by atoms with Gasteiger partial charge in [-0.25, -0.2) is 14.6 Å². The van der Waals surface area contributed by atoms with Crippen molar-refractivity contribution in [2.24, 2.45) is 5.92 Å². The van der Waals surface area contributed by atoms with Crippen LogP contribution in [-0.4, -0.2) is 54.8 Å². The summed E-state index contributed by atoms with van der Waals surface area (Å²) in [5, 5.41) is 4.89. The molecule has 0 saturated carbocycles. The van der Waals surface area contributed by atoms with Gasteiger partial charge in [0.25, 0.3) is 5.56 Å². The van der Waals surface area contributed by atoms with E-state index in [1.54, 1.807) is 13.3 Å². The Labute approximate surface area is 185 Å². The molecule has 4 aromatic rings. The van der Waals surface area contributed by atoms with E-state index in [1.165, 1.54) is 0 Å². The Bertz CT molecular complexity index is 1340. The van der Waals surface area contributed by atoms with Crippen LogP contribution in [0.1, 0.15) is 44.1 Å². The highest BCUT2D eigenvalue weighted by Gasteiger charge is 2.33. The molecule has 0 bridgehead atoms. The molecule has 166 valence electrons. The van der Waals surface area contributed by atoms with E-state index >= 15 is 0 Å². The maximum absolute atomic E-state index is 12.7. The number of hydrogen-bond donors (Lipinski definition) is 1. The molecule has 0 aliphatic carbocycles. The van der Waals surface area contributed by atoms with E-state index in [0.29, 0.717) is 22.8 Å². The second kappa shape index (κ2) is 7.98. The first kappa shape index (κ1) is 20.6. The van der Waals surface area contributed by atoms with Crippen molar-refractivity contribution in [2.75, 3.05) is 20.2 Å². The highest BCUT2D eigenvalue weighted by atomic mass is 16.5. The van der Waals surface area contributed by atoms with Gasteiger partial charge in [0.05, 0.1) is 24.3 Å². The Morgan fingerprint density at radius 2 is 2.06 bits per heavy atom. The van der Waals surface area contributed by atoms with Crippen molar-refractivity contribution in [3.05, 3.63) is 52.3 Å². The van der Waals surface area contributed by atoms with Gasteiger partial charge in [0, 0.05) is 43.9 Å². The zero-order valence-electron chi connectivity index (χ0n) is 18.7. The Balaban J connectivity index is 1.44. The van der Waals surface area contributed by atoms with Crippen molar-refractivity contribution in [1.29, 1.82) is 0 Å². The van der Waals surface area contributed by atoms with Gasteiger partial charge in [-0.05, 0) is 37.5 Å². The molecular weight excluding hydrogens is 406 g/mol. The van der Waals surface area contributed by atoms with E-state index in [9.17, 15) is 4.79 Å². The van der Waals surface area contributed by atoms with E-state index in [1.807, 2.05) is 42.9 Å². The molecule has 1 fully saturated rings. The van der Waals surface area contributed by atoms with Gasteiger partial charge in [0.15, 0.2) is 5.65 Å². The largest absolute Gasteiger partial charge is 0.481 e. The first-order valence-electron chi connectivity index (χ1n) is 10.9. The fourth-order valence-corrected chi connectivity index (χ4v) is 4.60. The molecule has 1 N–H and O–H groups in total. The zero-order valence-corrected chi connectivity index (χ0v) is 18.7. The molecule has 2 atom stereocenters. The van der Waals surface area contributed by atoms with Gasteiger partial charge < -0.3 is 9.72 Å². The third-order valence-corrected chi connectivity index (χ3v) is 6.26. The van der Waals surface area contributed by atoms with Gasteiger partial charge in [0.2, 0.25) is 5.88 Å². The SMILES string of the molecule is COc1ccc2nccc(CN3CC(C)C(c4nc5c(cnn5C(C)C)c(=O)[nH]4)C3)c2n1. The Kier molecular flexibility index (Phi) is 5.13. The summed E-state index contributed by atoms with van der Waals surface area (Å²) in [6.07, 6.45) is 3.42. The second-order valence-corrected chi connectivity index (χ2v) is 8.84. The van der Waals surface area contributed by atoms with Crippen LogP contribution in [0.2, 0.25) is 0 Å². The van der Waals surface area contributed by atoms with Gasteiger partial charge in [-0.15, -0.1) is 0 Å². The summed E-state index contributed by atoms with van der Waals surface area (Å²) >= 11 is 0. The molecule has 9 heteroatoms. The van der Waals surface area contributed by atoms with Crippen LogP contribution in [0.5, 0.6) is 5.88 Å². The highest BCUT2D eigenvalue weighted by molar-refractivity contribution is 5.78. The fourth-order valence-electron chi connectivity index (χ4n) is 4.60. The number of fused-ring (bicyclic) bond motifs is 2. The summed E-state index contributed by atoms with van der Waals surface area (Å²) in [6, 6.07) is 5.91. The lowest BCUT2D eigenvalue weighted by Crippen LogP contribution is -2.22. The monoisotopic (exact) mass is 433 g/mol. The molecule has 32 heavy (non-hydrogen) atoms. The lowest BCUT2D eigenvalue weighted by atomic mass is 9.97. The third kappa shape index (κ3) is 3.52. The molecule has 0 radical (unpaired) electrons. The summed E-state index contributed by atoms with van der Waals surface area (Å²) < 4.78 is 7.12. The minimum absolute atomic E-state index is 0.126. The zero-order chi connectivity index (χ0) is 22.4. The minimum atomic E-state index is -0.126. The molecule has 1 saturated heterocycles. The molecule has 4 aromatic heterocycles. The first-order chi connectivity index (χ1) is 15.4. The quantitative estimate of drug-likeness (QED) is 0.516.